The molecule has 0 aliphatic heterocycles. The van der Waals surface area contributed by atoms with Crippen LogP contribution >= 0.6 is 15.9 Å². The monoisotopic (exact) mass is 319 g/mol. The molecule has 0 spiro atoms. The van der Waals surface area contributed by atoms with Crippen LogP contribution in [-0.4, -0.2) is 9.97 Å². The fraction of sp³-hybridized carbons (Fsp3) is 0.333. The quantitative estimate of drug-likeness (QED) is 0.832. The van der Waals surface area contributed by atoms with E-state index in [1.165, 1.54) is 5.56 Å². The van der Waals surface area contributed by atoms with E-state index in [0.717, 1.165) is 28.4 Å². The minimum atomic E-state index is 0.305. The first kappa shape index (κ1) is 14.0. The zero-order valence-electron chi connectivity index (χ0n) is 11.4. The highest BCUT2D eigenvalue weighted by Crippen LogP contribution is 2.23. The van der Waals surface area contributed by atoms with Crippen LogP contribution in [0.5, 0.6) is 0 Å². The smallest absolute Gasteiger partial charge is 0.135 e. The van der Waals surface area contributed by atoms with Gasteiger partial charge in [-0.3, -0.25) is 0 Å². The number of para-hydroxylation sites is 1. The summed E-state index contributed by atoms with van der Waals surface area (Å²) in [5, 5.41) is 3.38. The van der Waals surface area contributed by atoms with Crippen LogP contribution in [0.25, 0.3) is 0 Å². The molecule has 100 valence electrons. The summed E-state index contributed by atoms with van der Waals surface area (Å²) in [6.07, 6.45) is 0.993. The maximum atomic E-state index is 4.55. The van der Waals surface area contributed by atoms with E-state index in [1.807, 2.05) is 12.1 Å². The summed E-state index contributed by atoms with van der Waals surface area (Å²) < 4.78 is 0.808. The Morgan fingerprint density at radius 2 is 1.95 bits per heavy atom. The topological polar surface area (TPSA) is 37.8 Å². The molecule has 1 N–H and O–H groups in total. The van der Waals surface area contributed by atoms with Crippen LogP contribution in [0.4, 0.5) is 11.5 Å². The van der Waals surface area contributed by atoms with Gasteiger partial charge in [-0.2, -0.15) is 0 Å². The highest BCUT2D eigenvalue weighted by atomic mass is 79.9. The third-order valence-electron chi connectivity index (χ3n) is 2.89. The lowest BCUT2D eigenvalue weighted by atomic mass is 10.1. The maximum absolute atomic E-state index is 4.55. The summed E-state index contributed by atoms with van der Waals surface area (Å²) in [6.45, 7) is 6.33. The normalized spacial score (nSPS) is 10.8. The lowest BCUT2D eigenvalue weighted by molar-refractivity contribution is 0.771. The van der Waals surface area contributed by atoms with Crippen LogP contribution in [0.15, 0.2) is 34.9 Å². The molecule has 1 aromatic heterocycles. The summed E-state index contributed by atoms with van der Waals surface area (Å²) in [5.41, 5.74) is 2.38. The third kappa shape index (κ3) is 3.53. The Kier molecular flexibility index (Phi) is 4.53. The van der Waals surface area contributed by atoms with E-state index in [4.69, 9.17) is 0 Å². The molecule has 0 aliphatic rings. The average molecular weight is 320 g/mol. The van der Waals surface area contributed by atoms with E-state index < -0.39 is 0 Å². The fourth-order valence-corrected chi connectivity index (χ4v) is 2.24. The molecule has 0 radical (unpaired) electrons. The first-order chi connectivity index (χ1) is 9.10. The van der Waals surface area contributed by atoms with Crippen molar-refractivity contribution in [2.45, 2.75) is 33.1 Å². The van der Waals surface area contributed by atoms with E-state index in [1.54, 1.807) is 0 Å². The van der Waals surface area contributed by atoms with E-state index >= 15 is 0 Å². The van der Waals surface area contributed by atoms with E-state index in [0.29, 0.717) is 5.92 Å². The molecule has 0 bridgehead atoms. The van der Waals surface area contributed by atoms with Crippen molar-refractivity contribution in [1.29, 1.82) is 0 Å². The first-order valence-corrected chi connectivity index (χ1v) is 7.29. The van der Waals surface area contributed by atoms with Crippen molar-refractivity contribution in [3.63, 3.8) is 0 Å². The van der Waals surface area contributed by atoms with Gasteiger partial charge in [0.2, 0.25) is 0 Å². The van der Waals surface area contributed by atoms with Gasteiger partial charge in [-0.15, -0.1) is 0 Å². The van der Waals surface area contributed by atoms with Crippen LogP contribution in [0.2, 0.25) is 0 Å². The number of nitrogens with zero attached hydrogens (tertiary/aromatic N) is 2. The average Bonchev–Trinajstić information content (AvgIpc) is 2.38. The predicted octanol–water partition coefficient (Wildman–Crippen LogP) is 4.67. The Morgan fingerprint density at radius 1 is 1.21 bits per heavy atom. The molecule has 19 heavy (non-hydrogen) atoms. The number of halogens is 1. The molecule has 0 saturated carbocycles. The van der Waals surface area contributed by atoms with E-state index in [-0.39, 0.29) is 0 Å². The molecule has 0 saturated heterocycles. The minimum absolute atomic E-state index is 0.305. The van der Waals surface area contributed by atoms with Crippen molar-refractivity contribution in [3.05, 3.63) is 46.3 Å². The predicted molar refractivity (Wildman–Crippen MR) is 82.9 cm³/mol. The molecule has 2 rings (SSSR count). The largest absolute Gasteiger partial charge is 0.340 e. The van der Waals surface area contributed by atoms with Gasteiger partial charge in [0, 0.05) is 17.7 Å². The van der Waals surface area contributed by atoms with Crippen LogP contribution in [0.3, 0.4) is 0 Å². The number of rotatable bonds is 4. The van der Waals surface area contributed by atoms with Crippen LogP contribution < -0.4 is 5.32 Å². The number of nitrogens with one attached hydrogen (secondary N) is 1. The zero-order valence-corrected chi connectivity index (χ0v) is 13.0. The van der Waals surface area contributed by atoms with Gasteiger partial charge in [0.25, 0.3) is 0 Å². The van der Waals surface area contributed by atoms with Crippen LogP contribution in [0, 0.1) is 0 Å². The summed E-state index contributed by atoms with van der Waals surface area (Å²) in [5.74, 6) is 1.97. The number of hydrogen-bond donors (Lipinski definition) is 1. The lowest BCUT2D eigenvalue weighted by Gasteiger charge is -2.12. The second-order valence-corrected chi connectivity index (χ2v) is 5.54. The van der Waals surface area contributed by atoms with Gasteiger partial charge in [-0.25, -0.2) is 9.97 Å². The van der Waals surface area contributed by atoms with E-state index in [2.05, 4.69) is 70.2 Å². The second-order valence-electron chi connectivity index (χ2n) is 4.72. The Morgan fingerprint density at radius 3 is 2.63 bits per heavy atom. The van der Waals surface area contributed by atoms with Crippen molar-refractivity contribution in [3.8, 4) is 0 Å². The van der Waals surface area contributed by atoms with Gasteiger partial charge in [0.05, 0.1) is 0 Å². The molecule has 1 aromatic carbocycles. The molecule has 1 heterocycles. The van der Waals surface area contributed by atoms with E-state index in [9.17, 15) is 0 Å². The van der Waals surface area contributed by atoms with Crippen LogP contribution in [-0.2, 0) is 6.42 Å². The van der Waals surface area contributed by atoms with Gasteiger partial charge in [-0.05, 0) is 34.0 Å². The molecular weight excluding hydrogens is 302 g/mol. The molecule has 2 aromatic rings. The number of benzene rings is 1. The molecule has 0 amide bonds. The summed E-state index contributed by atoms with van der Waals surface area (Å²) in [4.78, 5) is 8.93. The van der Waals surface area contributed by atoms with Crippen molar-refractivity contribution in [2.24, 2.45) is 0 Å². The molecule has 0 aliphatic carbocycles. The Labute approximate surface area is 122 Å². The molecule has 3 nitrogen and oxygen atoms in total. The minimum Gasteiger partial charge on any atom is -0.340 e. The van der Waals surface area contributed by atoms with Crippen molar-refractivity contribution in [2.75, 3.05) is 5.32 Å². The standard InChI is InChI=1S/C15H18BrN3/c1-4-11-7-5-6-8-12(11)17-14-9-13(16)18-15(19-14)10(2)3/h5-10H,4H2,1-3H3,(H,17,18,19). The highest BCUT2D eigenvalue weighted by Gasteiger charge is 2.08. The van der Waals surface area contributed by atoms with Crippen molar-refractivity contribution in [1.82, 2.24) is 9.97 Å². The summed E-state index contributed by atoms with van der Waals surface area (Å²) in [7, 11) is 0. The summed E-state index contributed by atoms with van der Waals surface area (Å²) >= 11 is 3.44. The SMILES string of the molecule is CCc1ccccc1Nc1cc(Br)nc(C(C)C)n1. The van der Waals surface area contributed by atoms with Gasteiger partial charge in [0.1, 0.15) is 16.2 Å². The van der Waals surface area contributed by atoms with Gasteiger partial charge >= 0.3 is 0 Å². The fourth-order valence-electron chi connectivity index (χ4n) is 1.85. The van der Waals surface area contributed by atoms with Crippen molar-refractivity contribution < 1.29 is 0 Å². The molecule has 4 heteroatoms. The second kappa shape index (κ2) is 6.15. The molecule has 0 fully saturated rings. The van der Waals surface area contributed by atoms with Gasteiger partial charge in [0.15, 0.2) is 0 Å². The molecular formula is C15H18BrN3. The summed E-state index contributed by atoms with van der Waals surface area (Å²) in [6, 6.07) is 10.2. The Bertz CT molecular complexity index is 567. The zero-order chi connectivity index (χ0) is 13.8. The lowest BCUT2D eigenvalue weighted by Crippen LogP contribution is -2.03. The third-order valence-corrected chi connectivity index (χ3v) is 3.30. The first-order valence-electron chi connectivity index (χ1n) is 6.49. The maximum Gasteiger partial charge on any atom is 0.135 e. The number of anilines is 2. The number of hydrogen-bond acceptors (Lipinski definition) is 3. The van der Waals surface area contributed by atoms with Crippen LogP contribution in [0.1, 0.15) is 38.1 Å². The van der Waals surface area contributed by atoms with Crippen molar-refractivity contribution >= 4 is 27.4 Å². The van der Waals surface area contributed by atoms with Gasteiger partial charge < -0.3 is 5.32 Å². The van der Waals surface area contributed by atoms with Gasteiger partial charge in [-0.1, -0.05) is 39.0 Å². The number of aryl methyl sites for hydroxylation is 1. The molecule has 0 unspecified atom stereocenters. The molecule has 0 atom stereocenters. The highest BCUT2D eigenvalue weighted by molar-refractivity contribution is 9.10. The Balaban J connectivity index is 2.32. The Hall–Kier alpha value is -1.42. The number of aromatic nitrogens is 2.